The number of benzene rings is 1. The van der Waals surface area contributed by atoms with Crippen molar-refractivity contribution >= 4 is 11.8 Å². The van der Waals surface area contributed by atoms with Crippen molar-refractivity contribution in [3.8, 4) is 0 Å². The summed E-state index contributed by atoms with van der Waals surface area (Å²) in [5, 5.41) is 11.6. The molecule has 0 saturated carbocycles. The Morgan fingerprint density at radius 2 is 2.10 bits per heavy atom. The Morgan fingerprint density at radius 1 is 1.40 bits per heavy atom. The zero-order valence-electron chi connectivity index (χ0n) is 12.2. The summed E-state index contributed by atoms with van der Waals surface area (Å²) in [6.45, 7) is 1.75. The molecule has 0 saturated heterocycles. The molecule has 0 aliphatic carbocycles. The van der Waals surface area contributed by atoms with Gasteiger partial charge in [0.2, 0.25) is 5.91 Å². The van der Waals surface area contributed by atoms with Crippen LogP contribution in [0.5, 0.6) is 0 Å². The van der Waals surface area contributed by atoms with Gasteiger partial charge in [-0.15, -0.1) is 0 Å². The van der Waals surface area contributed by atoms with Gasteiger partial charge in [0, 0.05) is 26.1 Å². The van der Waals surface area contributed by atoms with Gasteiger partial charge in [-0.05, 0) is 31.0 Å². The smallest absolute Gasteiger partial charge is 0.251 e. The van der Waals surface area contributed by atoms with E-state index in [0.717, 1.165) is 5.56 Å². The van der Waals surface area contributed by atoms with Crippen molar-refractivity contribution in [2.24, 2.45) is 0 Å². The molecule has 1 unspecified atom stereocenters. The molecule has 20 heavy (non-hydrogen) atoms. The largest absolute Gasteiger partial charge is 0.394 e. The zero-order chi connectivity index (χ0) is 15.1. The molecule has 5 heteroatoms. The van der Waals surface area contributed by atoms with E-state index in [1.165, 1.54) is 0 Å². The molecule has 5 nitrogen and oxygen atoms in total. The summed E-state index contributed by atoms with van der Waals surface area (Å²) in [7, 11) is 3.27. The quantitative estimate of drug-likeness (QED) is 0.809. The first-order valence-electron chi connectivity index (χ1n) is 6.67. The van der Waals surface area contributed by atoms with Crippen LogP contribution in [0.15, 0.2) is 24.3 Å². The molecule has 2 amide bonds. The Labute approximate surface area is 119 Å². The summed E-state index contributed by atoms with van der Waals surface area (Å²) in [6, 6.07) is 7.06. The third kappa shape index (κ3) is 4.35. The predicted octanol–water partition coefficient (Wildman–Crippen LogP) is 0.818. The first-order chi connectivity index (χ1) is 9.49. The highest BCUT2D eigenvalue weighted by Gasteiger charge is 2.14. The van der Waals surface area contributed by atoms with Gasteiger partial charge in [-0.3, -0.25) is 9.59 Å². The normalized spacial score (nSPS) is 11.8. The molecule has 1 aromatic carbocycles. The minimum Gasteiger partial charge on any atom is -0.394 e. The van der Waals surface area contributed by atoms with Crippen LogP contribution in [0, 0.1) is 0 Å². The summed E-state index contributed by atoms with van der Waals surface area (Å²) < 4.78 is 0. The van der Waals surface area contributed by atoms with E-state index in [-0.39, 0.29) is 24.5 Å². The van der Waals surface area contributed by atoms with Crippen molar-refractivity contribution in [2.45, 2.75) is 25.8 Å². The lowest BCUT2D eigenvalue weighted by molar-refractivity contribution is -0.132. The lowest BCUT2D eigenvalue weighted by atomic mass is 10.1. The molecule has 0 bridgehead atoms. The van der Waals surface area contributed by atoms with Crippen molar-refractivity contribution in [3.63, 3.8) is 0 Å². The maximum absolute atomic E-state index is 11.9. The summed E-state index contributed by atoms with van der Waals surface area (Å²) in [6.07, 6.45) is 0.935. The van der Waals surface area contributed by atoms with Crippen molar-refractivity contribution in [1.82, 2.24) is 10.2 Å². The van der Waals surface area contributed by atoms with Crippen LogP contribution in [-0.2, 0) is 11.2 Å². The molecule has 0 aromatic heterocycles. The van der Waals surface area contributed by atoms with Crippen LogP contribution < -0.4 is 5.32 Å². The Hall–Kier alpha value is -1.88. The van der Waals surface area contributed by atoms with Crippen LogP contribution >= 0.6 is 0 Å². The van der Waals surface area contributed by atoms with Crippen molar-refractivity contribution in [1.29, 1.82) is 0 Å². The third-order valence-corrected chi connectivity index (χ3v) is 3.36. The number of aryl methyl sites for hydroxylation is 1. The van der Waals surface area contributed by atoms with Crippen molar-refractivity contribution in [3.05, 3.63) is 35.4 Å². The Balaban J connectivity index is 2.62. The summed E-state index contributed by atoms with van der Waals surface area (Å²) in [5.41, 5.74) is 1.54. The SMILES string of the molecule is CNC(=O)c1cccc(CCC(=O)N(C)C(C)CO)c1. The average molecular weight is 278 g/mol. The van der Waals surface area contributed by atoms with Gasteiger partial charge in [0.1, 0.15) is 0 Å². The van der Waals surface area contributed by atoms with Gasteiger partial charge in [-0.1, -0.05) is 12.1 Å². The van der Waals surface area contributed by atoms with E-state index >= 15 is 0 Å². The molecule has 110 valence electrons. The second-order valence-electron chi connectivity index (χ2n) is 4.82. The highest BCUT2D eigenvalue weighted by molar-refractivity contribution is 5.94. The summed E-state index contributed by atoms with van der Waals surface area (Å²) >= 11 is 0. The maximum atomic E-state index is 11.9. The number of rotatable bonds is 6. The minimum atomic E-state index is -0.181. The molecule has 1 rings (SSSR count). The van der Waals surface area contributed by atoms with E-state index in [2.05, 4.69) is 5.32 Å². The fraction of sp³-hybridized carbons (Fsp3) is 0.467. The maximum Gasteiger partial charge on any atom is 0.251 e. The number of nitrogens with zero attached hydrogens (tertiary/aromatic N) is 1. The predicted molar refractivity (Wildman–Crippen MR) is 77.5 cm³/mol. The first kappa shape index (κ1) is 16.2. The van der Waals surface area contributed by atoms with Gasteiger partial charge in [0.05, 0.1) is 12.6 Å². The van der Waals surface area contributed by atoms with Crippen LogP contribution in [0.2, 0.25) is 0 Å². The molecule has 0 spiro atoms. The van der Waals surface area contributed by atoms with Gasteiger partial charge in [-0.2, -0.15) is 0 Å². The number of amides is 2. The van der Waals surface area contributed by atoms with Crippen molar-refractivity contribution < 1.29 is 14.7 Å². The lowest BCUT2D eigenvalue weighted by Gasteiger charge is -2.23. The molecule has 0 heterocycles. The topological polar surface area (TPSA) is 69.6 Å². The number of carbonyl (C=O) groups is 2. The molecule has 1 aromatic rings. The van der Waals surface area contributed by atoms with E-state index in [4.69, 9.17) is 5.11 Å². The fourth-order valence-electron chi connectivity index (χ4n) is 1.81. The molecular formula is C15H22N2O3. The van der Waals surface area contributed by atoms with E-state index in [1.807, 2.05) is 12.1 Å². The number of hydrogen-bond acceptors (Lipinski definition) is 3. The number of likely N-dealkylation sites (N-methyl/N-ethyl adjacent to an activating group) is 1. The third-order valence-electron chi connectivity index (χ3n) is 3.36. The van der Waals surface area contributed by atoms with Crippen LogP contribution in [-0.4, -0.2) is 48.6 Å². The van der Waals surface area contributed by atoms with Gasteiger partial charge < -0.3 is 15.3 Å². The van der Waals surface area contributed by atoms with Gasteiger partial charge in [0.15, 0.2) is 0 Å². The summed E-state index contributed by atoms with van der Waals surface area (Å²) in [5.74, 6) is -0.152. The highest BCUT2D eigenvalue weighted by atomic mass is 16.3. The van der Waals surface area contributed by atoms with Crippen LogP contribution in [0.3, 0.4) is 0 Å². The first-order valence-corrected chi connectivity index (χ1v) is 6.67. The number of hydrogen-bond donors (Lipinski definition) is 2. The van der Waals surface area contributed by atoms with E-state index in [9.17, 15) is 9.59 Å². The standard InChI is InChI=1S/C15H22N2O3/c1-11(10-18)17(3)14(19)8-7-12-5-4-6-13(9-12)15(20)16-2/h4-6,9,11,18H,7-8,10H2,1-3H3,(H,16,20). The van der Waals surface area contributed by atoms with Crippen LogP contribution in [0.25, 0.3) is 0 Å². The van der Waals surface area contributed by atoms with Gasteiger partial charge >= 0.3 is 0 Å². The van der Waals surface area contributed by atoms with E-state index in [1.54, 1.807) is 38.1 Å². The second-order valence-corrected chi connectivity index (χ2v) is 4.82. The highest BCUT2D eigenvalue weighted by Crippen LogP contribution is 2.09. The monoisotopic (exact) mass is 278 g/mol. The number of aliphatic hydroxyl groups is 1. The average Bonchev–Trinajstić information content (AvgIpc) is 2.50. The zero-order valence-corrected chi connectivity index (χ0v) is 12.2. The van der Waals surface area contributed by atoms with Crippen LogP contribution in [0.1, 0.15) is 29.3 Å². The van der Waals surface area contributed by atoms with E-state index < -0.39 is 0 Å². The molecule has 0 fully saturated rings. The Morgan fingerprint density at radius 3 is 2.70 bits per heavy atom. The minimum absolute atomic E-state index is 0.0168. The number of aliphatic hydroxyl groups excluding tert-OH is 1. The number of nitrogens with one attached hydrogen (secondary N) is 1. The second kappa shape index (κ2) is 7.65. The number of carbonyl (C=O) groups excluding carboxylic acids is 2. The molecule has 0 aliphatic heterocycles. The van der Waals surface area contributed by atoms with E-state index in [0.29, 0.717) is 18.4 Å². The molecule has 0 radical (unpaired) electrons. The summed E-state index contributed by atoms with van der Waals surface area (Å²) in [4.78, 5) is 25.0. The molecule has 2 N–H and O–H groups in total. The fourth-order valence-corrected chi connectivity index (χ4v) is 1.81. The van der Waals surface area contributed by atoms with Gasteiger partial charge in [0.25, 0.3) is 5.91 Å². The Bertz CT molecular complexity index is 474. The van der Waals surface area contributed by atoms with Crippen LogP contribution in [0.4, 0.5) is 0 Å². The Kier molecular flexibility index (Phi) is 6.18. The molecule has 0 aliphatic rings. The lowest BCUT2D eigenvalue weighted by Crippen LogP contribution is -2.37. The van der Waals surface area contributed by atoms with Crippen molar-refractivity contribution in [2.75, 3.05) is 20.7 Å². The molecule has 1 atom stereocenters. The van der Waals surface area contributed by atoms with Gasteiger partial charge in [-0.25, -0.2) is 0 Å². The molecular weight excluding hydrogens is 256 g/mol.